The molecule has 0 spiro atoms. The van der Waals surface area contributed by atoms with Gasteiger partial charge in [0.2, 0.25) is 11.8 Å². The van der Waals surface area contributed by atoms with Crippen LogP contribution in [-0.2, 0) is 22.6 Å². The molecule has 1 amide bonds. The molecule has 168 valence electrons. The highest BCUT2D eigenvalue weighted by Gasteiger charge is 2.20. The number of nitrogens with zero attached hydrogens (tertiary/aromatic N) is 5. The minimum Gasteiger partial charge on any atom is -0.418 e. The van der Waals surface area contributed by atoms with Gasteiger partial charge in [0.15, 0.2) is 5.16 Å². The molecule has 0 unspecified atom stereocenters. The van der Waals surface area contributed by atoms with E-state index in [-0.39, 0.29) is 11.7 Å². The number of imidazole rings is 1. The third kappa shape index (κ3) is 5.20. The number of amides is 1. The second-order valence-corrected chi connectivity index (χ2v) is 9.00. The second-order valence-electron chi connectivity index (χ2n) is 7.11. The van der Waals surface area contributed by atoms with Crippen molar-refractivity contribution in [1.82, 2.24) is 24.6 Å². The van der Waals surface area contributed by atoms with Gasteiger partial charge in [0.05, 0.1) is 34.8 Å². The molecule has 3 heterocycles. The van der Waals surface area contributed by atoms with E-state index in [4.69, 9.17) is 14.1 Å². The van der Waals surface area contributed by atoms with Crippen molar-refractivity contribution < 1.29 is 13.9 Å². The van der Waals surface area contributed by atoms with Gasteiger partial charge in [-0.3, -0.25) is 4.79 Å². The molecule has 1 aromatic carbocycles. The molecule has 0 saturated carbocycles. The number of para-hydroxylation sites is 2. The summed E-state index contributed by atoms with van der Waals surface area (Å²) in [7, 11) is 1.68. The van der Waals surface area contributed by atoms with Gasteiger partial charge in [0.1, 0.15) is 0 Å². The van der Waals surface area contributed by atoms with Crippen LogP contribution in [-0.4, -0.2) is 56.6 Å². The van der Waals surface area contributed by atoms with Crippen LogP contribution in [0.1, 0.15) is 19.2 Å². The number of hydrogen-bond acceptors (Lipinski definition) is 8. The number of carbonyl (C=O) groups excluding carboxylic acids is 1. The number of methoxy groups -OCH3 is 1. The number of hydrogen-bond donors (Lipinski definition) is 0. The highest BCUT2D eigenvalue weighted by Crippen LogP contribution is 2.26. The van der Waals surface area contributed by atoms with Gasteiger partial charge in [-0.05, 0) is 30.0 Å². The predicted octanol–water partition coefficient (Wildman–Crippen LogP) is 4.33. The molecule has 0 bridgehead atoms. The quantitative estimate of drug-likeness (QED) is 0.301. The number of thioether (sulfide) groups is 1. The van der Waals surface area contributed by atoms with Gasteiger partial charge in [-0.1, -0.05) is 36.9 Å². The van der Waals surface area contributed by atoms with Crippen molar-refractivity contribution in [1.29, 1.82) is 0 Å². The Morgan fingerprint density at radius 1 is 1.25 bits per heavy atom. The van der Waals surface area contributed by atoms with Crippen LogP contribution in [0.2, 0.25) is 0 Å². The Balaban J connectivity index is 1.44. The van der Waals surface area contributed by atoms with Crippen molar-refractivity contribution in [2.45, 2.75) is 31.6 Å². The first kappa shape index (κ1) is 22.5. The number of fused-ring (bicyclic) bond motifs is 1. The molecule has 0 N–H and O–H groups in total. The van der Waals surface area contributed by atoms with Gasteiger partial charge in [0, 0.05) is 20.2 Å². The van der Waals surface area contributed by atoms with Gasteiger partial charge in [-0.25, -0.2) is 4.98 Å². The number of carbonyl (C=O) groups is 1. The Morgan fingerprint density at radius 3 is 2.91 bits per heavy atom. The maximum atomic E-state index is 13.0. The summed E-state index contributed by atoms with van der Waals surface area (Å²) in [5.41, 5.74) is 1.95. The lowest BCUT2D eigenvalue weighted by Crippen LogP contribution is -2.33. The Morgan fingerprint density at radius 2 is 2.12 bits per heavy atom. The Hall–Kier alpha value is -2.69. The fourth-order valence-corrected chi connectivity index (χ4v) is 4.91. The number of thiophene rings is 1. The first-order valence-electron chi connectivity index (χ1n) is 10.4. The summed E-state index contributed by atoms with van der Waals surface area (Å²) in [4.78, 5) is 20.4. The molecule has 4 rings (SSSR count). The van der Waals surface area contributed by atoms with Crippen LogP contribution >= 0.6 is 23.1 Å². The van der Waals surface area contributed by atoms with Crippen LogP contribution in [0.3, 0.4) is 0 Å². The molecule has 0 saturated heterocycles. The minimum absolute atomic E-state index is 0.0121. The monoisotopic (exact) mass is 471 g/mol. The smallest absolute Gasteiger partial charge is 0.257 e. The predicted molar refractivity (Wildman–Crippen MR) is 126 cm³/mol. The largest absolute Gasteiger partial charge is 0.418 e. The fourth-order valence-electron chi connectivity index (χ4n) is 3.32. The van der Waals surface area contributed by atoms with E-state index < -0.39 is 0 Å². The minimum atomic E-state index is 0.0121. The van der Waals surface area contributed by atoms with Crippen LogP contribution in [0.4, 0.5) is 0 Å². The van der Waals surface area contributed by atoms with Crippen LogP contribution < -0.4 is 0 Å². The highest BCUT2D eigenvalue weighted by atomic mass is 32.2. The van der Waals surface area contributed by atoms with E-state index in [1.54, 1.807) is 23.3 Å². The van der Waals surface area contributed by atoms with Crippen molar-refractivity contribution in [2.24, 2.45) is 0 Å². The molecule has 32 heavy (non-hydrogen) atoms. The van der Waals surface area contributed by atoms with Crippen molar-refractivity contribution in [2.75, 3.05) is 26.0 Å². The van der Waals surface area contributed by atoms with Gasteiger partial charge in [-0.15, -0.1) is 21.5 Å². The average Bonchev–Trinajstić information content (AvgIpc) is 3.55. The number of aromatic nitrogens is 4. The van der Waals surface area contributed by atoms with Gasteiger partial charge in [-0.2, -0.15) is 0 Å². The average molecular weight is 472 g/mol. The highest BCUT2D eigenvalue weighted by molar-refractivity contribution is 7.99. The van der Waals surface area contributed by atoms with Gasteiger partial charge < -0.3 is 18.6 Å². The van der Waals surface area contributed by atoms with Crippen LogP contribution in [0.15, 0.2) is 51.4 Å². The maximum absolute atomic E-state index is 13.0. The molecular formula is C22H25N5O3S2. The summed E-state index contributed by atoms with van der Waals surface area (Å²) >= 11 is 2.98. The lowest BCUT2D eigenvalue weighted by atomic mass is 10.3. The van der Waals surface area contributed by atoms with E-state index in [9.17, 15) is 4.79 Å². The van der Waals surface area contributed by atoms with E-state index in [2.05, 4.69) is 14.8 Å². The van der Waals surface area contributed by atoms with E-state index in [1.807, 2.05) is 48.7 Å². The zero-order chi connectivity index (χ0) is 22.3. The first-order chi connectivity index (χ1) is 15.7. The lowest BCUT2D eigenvalue weighted by Gasteiger charge is -2.20. The van der Waals surface area contributed by atoms with Crippen LogP contribution in [0.25, 0.3) is 21.8 Å². The zero-order valence-electron chi connectivity index (χ0n) is 18.1. The van der Waals surface area contributed by atoms with Crippen molar-refractivity contribution in [3.8, 4) is 10.8 Å². The summed E-state index contributed by atoms with van der Waals surface area (Å²) in [5.74, 6) is 1.22. The zero-order valence-corrected chi connectivity index (χ0v) is 19.7. The summed E-state index contributed by atoms with van der Waals surface area (Å²) in [5, 5.41) is 11.0. The topological polar surface area (TPSA) is 86.3 Å². The van der Waals surface area contributed by atoms with E-state index in [1.165, 1.54) is 11.8 Å². The molecule has 0 fully saturated rings. The third-order valence-corrected chi connectivity index (χ3v) is 6.65. The fraction of sp³-hybridized carbons (Fsp3) is 0.364. The molecule has 8 nitrogen and oxygen atoms in total. The molecule has 0 aliphatic heterocycles. The first-order valence-corrected chi connectivity index (χ1v) is 12.3. The number of benzene rings is 1. The molecular weight excluding hydrogens is 446 g/mol. The summed E-state index contributed by atoms with van der Waals surface area (Å²) in [6.07, 6.45) is 0.842. The van der Waals surface area contributed by atoms with Gasteiger partial charge >= 0.3 is 0 Å². The van der Waals surface area contributed by atoms with Crippen molar-refractivity contribution in [3.05, 3.63) is 47.7 Å². The van der Waals surface area contributed by atoms with Crippen LogP contribution in [0, 0.1) is 0 Å². The van der Waals surface area contributed by atoms with E-state index in [0.717, 1.165) is 27.5 Å². The maximum Gasteiger partial charge on any atom is 0.257 e. The second kappa shape index (κ2) is 10.8. The molecule has 4 aromatic rings. The molecule has 0 radical (unpaired) electrons. The molecule has 0 aliphatic carbocycles. The van der Waals surface area contributed by atoms with E-state index >= 15 is 0 Å². The molecule has 10 heteroatoms. The lowest BCUT2D eigenvalue weighted by molar-refractivity contribution is -0.129. The van der Waals surface area contributed by atoms with E-state index in [0.29, 0.717) is 38.0 Å². The molecule has 3 aromatic heterocycles. The van der Waals surface area contributed by atoms with Gasteiger partial charge in [0.25, 0.3) is 5.89 Å². The summed E-state index contributed by atoms with van der Waals surface area (Å²) in [6.45, 7) is 4.22. The third-order valence-electron chi connectivity index (χ3n) is 4.83. The Kier molecular flexibility index (Phi) is 7.56. The SMILES string of the molecule is CCCN(Cc1nnc(-c2cccs2)o1)C(=O)CSc1nc2ccccc2n1CCOC. The normalized spacial score (nSPS) is 11.3. The van der Waals surface area contributed by atoms with Crippen molar-refractivity contribution >= 4 is 40.0 Å². The summed E-state index contributed by atoms with van der Waals surface area (Å²) in [6, 6.07) is 11.8. The Bertz CT molecular complexity index is 1160. The molecule has 0 aliphatic rings. The standard InChI is InChI=1S/C22H25N5O3S2/c1-3-10-26(14-19-24-25-21(30-19)18-9-6-13-31-18)20(28)15-32-22-23-16-7-4-5-8-17(16)27(22)11-12-29-2/h4-9,13H,3,10-12,14-15H2,1-2H3. The Labute approximate surface area is 194 Å². The van der Waals surface area contributed by atoms with Crippen LogP contribution in [0.5, 0.6) is 0 Å². The molecule has 0 atom stereocenters. The number of rotatable bonds is 11. The van der Waals surface area contributed by atoms with Crippen molar-refractivity contribution in [3.63, 3.8) is 0 Å². The number of ether oxygens (including phenoxy) is 1. The summed E-state index contributed by atoms with van der Waals surface area (Å²) < 4.78 is 13.1.